The molecule has 0 fully saturated rings. The maximum absolute atomic E-state index is 2.44. The first-order valence-corrected chi connectivity index (χ1v) is 14.2. The largest absolute Gasteiger partial charge is 0.146 e. The molecule has 0 N–H and O–H groups in total. The summed E-state index contributed by atoms with van der Waals surface area (Å²) < 4.78 is 0. The summed E-state index contributed by atoms with van der Waals surface area (Å²) in [5.74, 6) is 4.36. The number of hydrogen-bond acceptors (Lipinski definition) is 4. The summed E-state index contributed by atoms with van der Waals surface area (Å²) in [6, 6.07) is 23.2. The summed E-state index contributed by atoms with van der Waals surface area (Å²) in [4.78, 5) is 0. The van der Waals surface area contributed by atoms with E-state index in [1.165, 1.54) is 44.5 Å². The minimum atomic E-state index is 1.09. The maximum atomic E-state index is 2.44. The van der Waals surface area contributed by atoms with Crippen LogP contribution in [0.4, 0.5) is 0 Å². The Morgan fingerprint density at radius 2 is 0.821 bits per heavy atom. The number of hydrogen-bond donors (Lipinski definition) is 0. The van der Waals surface area contributed by atoms with Gasteiger partial charge in [-0.3, -0.25) is 0 Å². The van der Waals surface area contributed by atoms with Crippen LogP contribution in [0.25, 0.3) is 22.3 Å². The second-order valence-electron chi connectivity index (χ2n) is 7.11. The van der Waals surface area contributed by atoms with Gasteiger partial charge in [-0.2, -0.15) is 0 Å². The van der Waals surface area contributed by atoms with Crippen LogP contribution in [0.15, 0.2) is 60.7 Å². The fraction of sp³-hybridized carbons (Fsp3) is 0.250. The van der Waals surface area contributed by atoms with Crippen LogP contribution in [0.1, 0.15) is 22.3 Å². The molecule has 5 rings (SSSR count). The highest BCUT2D eigenvalue weighted by Crippen LogP contribution is 2.40. The van der Waals surface area contributed by atoms with E-state index in [4.69, 9.17) is 0 Å². The molecule has 0 saturated carbocycles. The summed E-state index contributed by atoms with van der Waals surface area (Å²) in [6.07, 6.45) is 0. The van der Waals surface area contributed by atoms with Gasteiger partial charge in [0.15, 0.2) is 0 Å². The minimum absolute atomic E-state index is 1.09. The van der Waals surface area contributed by atoms with Crippen molar-refractivity contribution in [3.8, 4) is 22.3 Å². The van der Waals surface area contributed by atoms with Gasteiger partial charge in [0.25, 0.3) is 0 Å². The zero-order valence-corrected chi connectivity index (χ0v) is 18.9. The van der Waals surface area contributed by atoms with Crippen molar-refractivity contribution in [2.24, 2.45) is 0 Å². The lowest BCUT2D eigenvalue weighted by Crippen LogP contribution is -1.99. The zero-order valence-electron chi connectivity index (χ0n) is 15.6. The van der Waals surface area contributed by atoms with E-state index in [-0.39, 0.29) is 0 Å². The van der Waals surface area contributed by atoms with E-state index in [1.807, 2.05) is 0 Å². The zero-order chi connectivity index (χ0) is 18.8. The Morgan fingerprint density at radius 3 is 1.21 bits per heavy atom. The van der Waals surface area contributed by atoms with Crippen molar-refractivity contribution in [3.05, 3.63) is 82.9 Å². The Morgan fingerprint density at radius 1 is 0.464 bits per heavy atom. The van der Waals surface area contributed by atoms with E-state index in [9.17, 15) is 0 Å². The topological polar surface area (TPSA) is 0 Å². The summed E-state index contributed by atoms with van der Waals surface area (Å²) >= 11 is 8.21. The van der Waals surface area contributed by atoms with E-state index in [0.717, 1.165) is 33.2 Å². The lowest BCUT2D eigenvalue weighted by atomic mass is 9.90. The third kappa shape index (κ3) is 3.89. The van der Waals surface area contributed by atoms with Gasteiger partial charge in [0.2, 0.25) is 0 Å². The van der Waals surface area contributed by atoms with Gasteiger partial charge in [-0.25, -0.2) is 0 Å². The number of rotatable bonds is 0. The average molecular weight is 439 g/mol. The second-order valence-corrected chi connectivity index (χ2v) is 11.8. The van der Waals surface area contributed by atoms with Crippen LogP contribution >= 0.6 is 47.0 Å². The van der Waals surface area contributed by atoms with Crippen molar-refractivity contribution in [3.63, 3.8) is 0 Å². The molecule has 0 radical (unpaired) electrons. The molecule has 0 amide bonds. The maximum Gasteiger partial charge on any atom is 0.0398 e. The molecule has 28 heavy (non-hydrogen) atoms. The molecule has 0 saturated heterocycles. The average Bonchev–Trinajstić information content (AvgIpc) is 2.72. The van der Waals surface area contributed by atoms with E-state index in [1.54, 1.807) is 0 Å². The molecule has 3 aromatic rings. The first-order chi connectivity index (χ1) is 13.9. The molecule has 4 heteroatoms. The molecule has 4 bridgehead atoms. The van der Waals surface area contributed by atoms with Gasteiger partial charge in [0.1, 0.15) is 0 Å². The minimum Gasteiger partial charge on any atom is -0.146 e. The monoisotopic (exact) mass is 438 g/mol. The first-order valence-electron chi connectivity index (χ1n) is 9.53. The van der Waals surface area contributed by atoms with Crippen LogP contribution in [-0.4, -0.2) is 10.2 Å². The molecule has 0 unspecified atom stereocenters. The lowest BCUT2D eigenvalue weighted by Gasteiger charge is -2.21. The van der Waals surface area contributed by atoms with E-state index in [0.29, 0.717) is 0 Å². The standard InChI is InChI=1S/C24H22S4/c1-4-17-10-18(5-1)24-21-8-3-9-22(24)14-28-16-26-12-20-7-2-6-19(23(17)20)11-25-15-27-13-21/h1-10H,11-16H2. The molecular formula is C24H22S4. The van der Waals surface area contributed by atoms with Gasteiger partial charge in [-0.05, 0) is 50.6 Å². The lowest BCUT2D eigenvalue weighted by molar-refractivity contribution is 1.31. The van der Waals surface area contributed by atoms with Crippen molar-refractivity contribution >= 4 is 47.0 Å². The Bertz CT molecular complexity index is 870. The fourth-order valence-corrected chi connectivity index (χ4v) is 8.20. The molecule has 0 aromatic heterocycles. The van der Waals surface area contributed by atoms with Crippen LogP contribution in [0.2, 0.25) is 0 Å². The number of benzene rings is 3. The number of thioether (sulfide) groups is 4. The SMILES string of the molecule is c1cc2cc(c1)-c1c3cccc1CSCSCc1cccc(c1-2)CSCSC3. The van der Waals surface area contributed by atoms with E-state index < -0.39 is 0 Å². The molecular weight excluding hydrogens is 417 g/mol. The molecule has 0 aliphatic carbocycles. The van der Waals surface area contributed by atoms with Gasteiger partial charge in [-0.1, -0.05) is 54.6 Å². The smallest absolute Gasteiger partial charge is 0.0398 e. The van der Waals surface area contributed by atoms with Crippen molar-refractivity contribution in [1.82, 2.24) is 0 Å². The van der Waals surface area contributed by atoms with Crippen LogP contribution < -0.4 is 0 Å². The van der Waals surface area contributed by atoms with Crippen molar-refractivity contribution in [1.29, 1.82) is 0 Å². The van der Waals surface area contributed by atoms with Crippen molar-refractivity contribution < 1.29 is 0 Å². The third-order valence-corrected chi connectivity index (χ3v) is 10.0. The van der Waals surface area contributed by atoms with Gasteiger partial charge in [0, 0.05) is 33.2 Å². The van der Waals surface area contributed by atoms with Gasteiger partial charge < -0.3 is 0 Å². The van der Waals surface area contributed by atoms with Gasteiger partial charge >= 0.3 is 0 Å². The predicted octanol–water partition coefficient (Wildman–Crippen LogP) is 7.90. The van der Waals surface area contributed by atoms with Crippen molar-refractivity contribution in [2.45, 2.75) is 23.0 Å². The van der Waals surface area contributed by atoms with E-state index >= 15 is 0 Å². The highest BCUT2D eigenvalue weighted by molar-refractivity contribution is 8.15. The van der Waals surface area contributed by atoms with Crippen LogP contribution in [0.3, 0.4) is 0 Å². The first kappa shape index (κ1) is 19.0. The molecule has 2 aliphatic rings. The molecule has 142 valence electrons. The van der Waals surface area contributed by atoms with E-state index in [2.05, 4.69) is 108 Å². The van der Waals surface area contributed by atoms with Crippen LogP contribution in [-0.2, 0) is 23.0 Å². The highest BCUT2D eigenvalue weighted by Gasteiger charge is 2.17. The highest BCUT2D eigenvalue weighted by atomic mass is 32.2. The van der Waals surface area contributed by atoms with Crippen LogP contribution in [0.5, 0.6) is 0 Å². The molecule has 0 nitrogen and oxygen atoms in total. The van der Waals surface area contributed by atoms with Crippen molar-refractivity contribution in [2.75, 3.05) is 10.2 Å². The Kier molecular flexibility index (Phi) is 6.00. The summed E-state index contributed by atoms with van der Waals surface area (Å²) in [5.41, 5.74) is 11.6. The normalized spacial score (nSPS) is 16.6. The molecule has 0 atom stereocenters. The third-order valence-electron chi connectivity index (χ3n) is 5.28. The Labute approximate surface area is 184 Å². The van der Waals surface area contributed by atoms with Gasteiger partial charge in [0.05, 0.1) is 0 Å². The summed E-state index contributed by atoms with van der Waals surface area (Å²) in [6.45, 7) is 0. The quantitative estimate of drug-likeness (QED) is 0.350. The predicted molar refractivity (Wildman–Crippen MR) is 132 cm³/mol. The molecule has 2 aliphatic heterocycles. The van der Waals surface area contributed by atoms with Crippen LogP contribution in [0, 0.1) is 0 Å². The molecule has 0 spiro atoms. The summed E-state index contributed by atoms with van der Waals surface area (Å²) in [7, 11) is 0. The molecule has 3 aromatic carbocycles. The van der Waals surface area contributed by atoms with Gasteiger partial charge in [-0.15, -0.1) is 47.0 Å². The summed E-state index contributed by atoms with van der Waals surface area (Å²) in [5, 5.41) is 2.29. The molecule has 2 heterocycles. The second kappa shape index (κ2) is 8.83. The Balaban J connectivity index is 1.80. The Hall–Kier alpha value is -0.940. The fourth-order valence-electron chi connectivity index (χ4n) is 4.08.